The van der Waals surface area contributed by atoms with E-state index in [2.05, 4.69) is 26.5 Å². The van der Waals surface area contributed by atoms with Gasteiger partial charge in [0, 0.05) is 10.0 Å². The number of halogens is 1. The fourth-order valence-electron chi connectivity index (χ4n) is 1.78. The third kappa shape index (κ3) is 5.75. The molecule has 0 fully saturated rings. The first-order valence-corrected chi connectivity index (χ1v) is 7.90. The number of anilines is 1. The molecule has 0 bridgehead atoms. The maximum atomic E-state index is 11.4. The van der Waals surface area contributed by atoms with Gasteiger partial charge in [0.2, 0.25) is 0 Å². The molecule has 0 heterocycles. The molecule has 0 aliphatic heterocycles. The summed E-state index contributed by atoms with van der Waals surface area (Å²) < 4.78 is 11.2. The van der Waals surface area contributed by atoms with Gasteiger partial charge in [-0.3, -0.25) is 5.43 Å². The monoisotopic (exact) mass is 376 g/mol. The van der Waals surface area contributed by atoms with Crippen molar-refractivity contribution >= 4 is 33.8 Å². The minimum Gasteiger partial charge on any atom is -0.481 e. The number of nitrogens with one attached hydrogen (secondary N) is 1. The summed E-state index contributed by atoms with van der Waals surface area (Å²) in [6, 6.07) is 15.1. The van der Waals surface area contributed by atoms with Crippen molar-refractivity contribution in [3.8, 4) is 5.75 Å². The van der Waals surface area contributed by atoms with Crippen LogP contribution in [0.1, 0.15) is 12.5 Å². The molecule has 2 aromatic rings. The van der Waals surface area contributed by atoms with Gasteiger partial charge in [-0.15, -0.1) is 0 Å². The van der Waals surface area contributed by atoms with E-state index in [1.165, 1.54) is 0 Å². The first kappa shape index (κ1) is 17.0. The number of ether oxygens (including phenoxy) is 2. The molecule has 2 rings (SSSR count). The number of benzene rings is 2. The van der Waals surface area contributed by atoms with Gasteiger partial charge in [-0.25, -0.2) is 4.79 Å². The second-order valence-electron chi connectivity index (χ2n) is 4.51. The molecule has 0 radical (unpaired) electrons. The van der Waals surface area contributed by atoms with E-state index in [1.54, 1.807) is 19.2 Å². The molecule has 120 valence electrons. The van der Waals surface area contributed by atoms with E-state index in [9.17, 15) is 4.79 Å². The van der Waals surface area contributed by atoms with Crippen LogP contribution in [-0.4, -0.2) is 25.4 Å². The Bertz CT molecular complexity index is 675. The maximum absolute atomic E-state index is 11.4. The standard InChI is InChI=1S/C17H17BrN2O3/c1-2-22-17(21)12-23-16-9-8-14(18)10-13(16)11-19-20-15-6-4-3-5-7-15/h3-11,20H,2,12H2,1H3. The Morgan fingerprint density at radius 3 is 2.78 bits per heavy atom. The van der Waals surface area contributed by atoms with Crippen molar-refractivity contribution in [2.75, 3.05) is 18.6 Å². The number of carbonyl (C=O) groups excluding carboxylic acids is 1. The van der Waals surface area contributed by atoms with Crippen LogP contribution in [-0.2, 0) is 9.53 Å². The molecule has 0 amide bonds. The van der Waals surface area contributed by atoms with E-state index < -0.39 is 5.97 Å². The molecule has 2 aromatic carbocycles. The quantitative estimate of drug-likeness (QED) is 0.453. The number of nitrogens with zero attached hydrogens (tertiary/aromatic N) is 1. The van der Waals surface area contributed by atoms with Crippen LogP contribution in [0, 0.1) is 0 Å². The summed E-state index contributed by atoms with van der Waals surface area (Å²) in [4.78, 5) is 11.4. The zero-order valence-corrected chi connectivity index (χ0v) is 14.2. The minimum absolute atomic E-state index is 0.136. The Hall–Kier alpha value is -2.34. The highest BCUT2D eigenvalue weighted by molar-refractivity contribution is 9.10. The lowest BCUT2D eigenvalue weighted by molar-refractivity contribution is -0.145. The Kier molecular flexibility index (Phi) is 6.62. The van der Waals surface area contributed by atoms with Crippen LogP contribution in [0.3, 0.4) is 0 Å². The molecule has 5 nitrogen and oxygen atoms in total. The molecule has 6 heteroatoms. The summed E-state index contributed by atoms with van der Waals surface area (Å²) >= 11 is 3.41. The van der Waals surface area contributed by atoms with E-state index in [1.807, 2.05) is 42.5 Å². The van der Waals surface area contributed by atoms with Crippen LogP contribution in [0.25, 0.3) is 0 Å². The van der Waals surface area contributed by atoms with Crippen LogP contribution in [0.4, 0.5) is 5.69 Å². The highest BCUT2D eigenvalue weighted by atomic mass is 79.9. The minimum atomic E-state index is -0.402. The van der Waals surface area contributed by atoms with Crippen LogP contribution in [0.15, 0.2) is 58.1 Å². The summed E-state index contributed by atoms with van der Waals surface area (Å²) in [5, 5.41) is 4.19. The molecule has 0 atom stereocenters. The van der Waals surface area contributed by atoms with Gasteiger partial charge in [-0.2, -0.15) is 5.10 Å². The highest BCUT2D eigenvalue weighted by Crippen LogP contribution is 2.22. The molecule has 1 N–H and O–H groups in total. The van der Waals surface area contributed by atoms with Gasteiger partial charge in [-0.05, 0) is 37.3 Å². The van der Waals surface area contributed by atoms with Gasteiger partial charge in [0.25, 0.3) is 0 Å². The van der Waals surface area contributed by atoms with Crippen molar-refractivity contribution in [3.63, 3.8) is 0 Å². The van der Waals surface area contributed by atoms with E-state index >= 15 is 0 Å². The van der Waals surface area contributed by atoms with Crippen molar-refractivity contribution in [1.29, 1.82) is 0 Å². The lowest BCUT2D eigenvalue weighted by atomic mass is 10.2. The molecule has 0 aliphatic rings. The molecule has 23 heavy (non-hydrogen) atoms. The Morgan fingerprint density at radius 1 is 1.26 bits per heavy atom. The van der Waals surface area contributed by atoms with Gasteiger partial charge in [-0.1, -0.05) is 34.1 Å². The third-order valence-corrected chi connectivity index (χ3v) is 3.29. The lowest BCUT2D eigenvalue weighted by Crippen LogP contribution is -2.15. The number of para-hydroxylation sites is 1. The number of hydrogen-bond acceptors (Lipinski definition) is 5. The van der Waals surface area contributed by atoms with E-state index in [-0.39, 0.29) is 6.61 Å². The van der Waals surface area contributed by atoms with Crippen molar-refractivity contribution in [1.82, 2.24) is 0 Å². The average molecular weight is 377 g/mol. The normalized spacial score (nSPS) is 10.5. The summed E-state index contributed by atoms with van der Waals surface area (Å²) in [7, 11) is 0. The molecule has 0 aromatic heterocycles. The molecular formula is C17H17BrN2O3. The zero-order chi connectivity index (χ0) is 16.5. The largest absolute Gasteiger partial charge is 0.481 e. The summed E-state index contributed by atoms with van der Waals surface area (Å²) in [5.41, 5.74) is 4.56. The summed E-state index contributed by atoms with van der Waals surface area (Å²) in [6.07, 6.45) is 1.64. The van der Waals surface area contributed by atoms with Crippen molar-refractivity contribution in [3.05, 3.63) is 58.6 Å². The van der Waals surface area contributed by atoms with Gasteiger partial charge < -0.3 is 9.47 Å². The molecular weight excluding hydrogens is 360 g/mol. The van der Waals surface area contributed by atoms with Gasteiger partial charge >= 0.3 is 5.97 Å². The van der Waals surface area contributed by atoms with Crippen molar-refractivity contribution in [2.24, 2.45) is 5.10 Å². The Labute approximate surface area is 143 Å². The van der Waals surface area contributed by atoms with E-state index in [0.717, 1.165) is 15.7 Å². The Balaban J connectivity index is 2.04. The lowest BCUT2D eigenvalue weighted by Gasteiger charge is -2.09. The maximum Gasteiger partial charge on any atom is 0.344 e. The average Bonchev–Trinajstić information content (AvgIpc) is 2.55. The van der Waals surface area contributed by atoms with Crippen molar-refractivity contribution < 1.29 is 14.3 Å². The molecule has 0 saturated heterocycles. The predicted octanol–water partition coefficient (Wildman–Crippen LogP) is 3.84. The van der Waals surface area contributed by atoms with Crippen LogP contribution >= 0.6 is 15.9 Å². The molecule has 0 spiro atoms. The molecule has 0 unspecified atom stereocenters. The third-order valence-electron chi connectivity index (χ3n) is 2.79. The smallest absolute Gasteiger partial charge is 0.344 e. The number of carbonyl (C=O) groups is 1. The second kappa shape index (κ2) is 8.95. The molecule has 0 aliphatic carbocycles. The van der Waals surface area contributed by atoms with E-state index in [0.29, 0.717) is 12.4 Å². The molecule has 0 saturated carbocycles. The van der Waals surface area contributed by atoms with Crippen LogP contribution in [0.5, 0.6) is 5.75 Å². The zero-order valence-electron chi connectivity index (χ0n) is 12.7. The van der Waals surface area contributed by atoms with Gasteiger partial charge in [0.1, 0.15) is 5.75 Å². The van der Waals surface area contributed by atoms with Gasteiger partial charge in [0.05, 0.1) is 18.5 Å². The second-order valence-corrected chi connectivity index (χ2v) is 5.43. The fourth-order valence-corrected chi connectivity index (χ4v) is 2.16. The first-order valence-electron chi connectivity index (χ1n) is 7.11. The topological polar surface area (TPSA) is 59.9 Å². The first-order chi connectivity index (χ1) is 11.2. The van der Waals surface area contributed by atoms with E-state index in [4.69, 9.17) is 9.47 Å². The van der Waals surface area contributed by atoms with Crippen LogP contribution in [0.2, 0.25) is 0 Å². The summed E-state index contributed by atoms with van der Waals surface area (Å²) in [6.45, 7) is 1.95. The van der Waals surface area contributed by atoms with Crippen LogP contribution < -0.4 is 10.2 Å². The predicted molar refractivity (Wildman–Crippen MR) is 93.9 cm³/mol. The highest BCUT2D eigenvalue weighted by Gasteiger charge is 2.07. The number of esters is 1. The fraction of sp³-hybridized carbons (Fsp3) is 0.176. The number of hydrazone groups is 1. The Morgan fingerprint density at radius 2 is 2.04 bits per heavy atom. The summed E-state index contributed by atoms with van der Waals surface area (Å²) in [5.74, 6) is 0.153. The van der Waals surface area contributed by atoms with Gasteiger partial charge in [0.15, 0.2) is 6.61 Å². The number of hydrogen-bond donors (Lipinski definition) is 1. The number of rotatable bonds is 7. The van der Waals surface area contributed by atoms with Crippen molar-refractivity contribution in [2.45, 2.75) is 6.92 Å². The SMILES string of the molecule is CCOC(=O)COc1ccc(Br)cc1C=NNc1ccccc1.